The zero-order valence-electron chi connectivity index (χ0n) is 9.60. The van der Waals surface area contributed by atoms with Gasteiger partial charge in [0.2, 0.25) is 0 Å². The van der Waals surface area contributed by atoms with Crippen molar-refractivity contribution in [2.75, 3.05) is 26.5 Å². The van der Waals surface area contributed by atoms with Crippen LogP contribution in [-0.4, -0.2) is 36.7 Å². The summed E-state index contributed by atoms with van der Waals surface area (Å²) in [5, 5.41) is 0. The molecule has 1 aromatic heterocycles. The molecule has 4 heteroatoms. The second kappa shape index (κ2) is 5.68. The number of nitrogens with two attached hydrogens (primary N) is 1. The molecule has 1 atom stereocenters. The van der Waals surface area contributed by atoms with Gasteiger partial charge in [-0.2, -0.15) is 0 Å². The van der Waals surface area contributed by atoms with Gasteiger partial charge in [0, 0.05) is 25.9 Å². The first-order valence-corrected chi connectivity index (χ1v) is 5.03. The number of pyridine rings is 1. The third kappa shape index (κ3) is 3.85. The number of nitrogens with zero attached hydrogens (tertiary/aromatic N) is 2. The number of hydrogen-bond acceptors (Lipinski definition) is 4. The Morgan fingerprint density at radius 2 is 2.27 bits per heavy atom. The summed E-state index contributed by atoms with van der Waals surface area (Å²) in [6, 6.07) is 4.22. The fraction of sp³-hybridized carbons (Fsp3) is 0.545. The molecular weight excluding hydrogens is 190 g/mol. The number of anilines is 1. The molecule has 0 aliphatic heterocycles. The number of hydrogen-bond donors (Lipinski definition) is 1. The van der Waals surface area contributed by atoms with Crippen LogP contribution < -0.4 is 5.73 Å². The van der Waals surface area contributed by atoms with Gasteiger partial charge >= 0.3 is 0 Å². The Balaban J connectivity index is 2.50. The first-order chi connectivity index (χ1) is 7.13. The number of aromatic nitrogens is 1. The second-order valence-corrected chi connectivity index (χ2v) is 3.81. The monoisotopic (exact) mass is 209 g/mol. The number of rotatable bonds is 5. The summed E-state index contributed by atoms with van der Waals surface area (Å²) < 4.78 is 5.10. The van der Waals surface area contributed by atoms with Crippen molar-refractivity contribution >= 4 is 5.82 Å². The Labute approximate surface area is 91.1 Å². The lowest BCUT2D eigenvalue weighted by Gasteiger charge is -2.23. The van der Waals surface area contributed by atoms with Crippen LogP contribution in [0.2, 0.25) is 0 Å². The number of ether oxygens (including phenoxy) is 1. The van der Waals surface area contributed by atoms with E-state index in [2.05, 4.69) is 23.9 Å². The summed E-state index contributed by atoms with van der Waals surface area (Å²) in [6.45, 7) is 3.73. The maximum Gasteiger partial charge on any atom is 0.123 e. The standard InChI is InChI=1S/C11H19N3O/c1-9(8-15-3)14(2)7-10-4-5-11(12)13-6-10/h4-6,9H,7-8H2,1-3H3,(H2,12,13). The number of likely N-dealkylation sites (N-methyl/N-ethyl adjacent to an activating group) is 1. The molecule has 0 aromatic carbocycles. The highest BCUT2D eigenvalue weighted by molar-refractivity contribution is 5.29. The van der Waals surface area contributed by atoms with Gasteiger partial charge < -0.3 is 10.5 Å². The van der Waals surface area contributed by atoms with E-state index in [4.69, 9.17) is 10.5 Å². The summed E-state index contributed by atoms with van der Waals surface area (Å²) in [6.07, 6.45) is 1.81. The van der Waals surface area contributed by atoms with Crippen molar-refractivity contribution in [2.24, 2.45) is 0 Å². The SMILES string of the molecule is COCC(C)N(C)Cc1ccc(N)nc1. The van der Waals surface area contributed by atoms with Crippen LogP contribution in [-0.2, 0) is 11.3 Å². The maximum absolute atomic E-state index is 5.52. The van der Waals surface area contributed by atoms with Gasteiger partial charge in [0.25, 0.3) is 0 Å². The van der Waals surface area contributed by atoms with Gasteiger partial charge in [-0.25, -0.2) is 4.98 Å². The lowest BCUT2D eigenvalue weighted by atomic mass is 10.2. The van der Waals surface area contributed by atoms with E-state index in [0.29, 0.717) is 11.9 Å². The van der Waals surface area contributed by atoms with Crippen molar-refractivity contribution in [3.63, 3.8) is 0 Å². The van der Waals surface area contributed by atoms with Gasteiger partial charge in [0.15, 0.2) is 0 Å². The molecule has 15 heavy (non-hydrogen) atoms. The van der Waals surface area contributed by atoms with E-state index < -0.39 is 0 Å². The Morgan fingerprint density at radius 3 is 2.80 bits per heavy atom. The number of methoxy groups -OCH3 is 1. The average molecular weight is 209 g/mol. The molecule has 0 bridgehead atoms. The molecule has 1 heterocycles. The minimum atomic E-state index is 0.396. The third-order valence-corrected chi connectivity index (χ3v) is 2.44. The Morgan fingerprint density at radius 1 is 1.53 bits per heavy atom. The highest BCUT2D eigenvalue weighted by Crippen LogP contribution is 2.06. The van der Waals surface area contributed by atoms with Crippen molar-refractivity contribution in [1.82, 2.24) is 9.88 Å². The third-order valence-electron chi connectivity index (χ3n) is 2.44. The van der Waals surface area contributed by atoms with E-state index in [9.17, 15) is 0 Å². The van der Waals surface area contributed by atoms with Crippen LogP contribution in [0.1, 0.15) is 12.5 Å². The molecule has 0 fully saturated rings. The Bertz CT molecular complexity index is 286. The zero-order chi connectivity index (χ0) is 11.3. The van der Waals surface area contributed by atoms with Crippen molar-refractivity contribution < 1.29 is 4.74 Å². The van der Waals surface area contributed by atoms with Crippen molar-refractivity contribution in [1.29, 1.82) is 0 Å². The lowest BCUT2D eigenvalue weighted by Crippen LogP contribution is -2.32. The van der Waals surface area contributed by atoms with Crippen molar-refractivity contribution in [2.45, 2.75) is 19.5 Å². The molecule has 1 aromatic rings. The van der Waals surface area contributed by atoms with Crippen LogP contribution in [0.3, 0.4) is 0 Å². The molecule has 2 N–H and O–H groups in total. The smallest absolute Gasteiger partial charge is 0.123 e. The summed E-state index contributed by atoms with van der Waals surface area (Å²) in [7, 11) is 3.79. The Kier molecular flexibility index (Phi) is 4.52. The van der Waals surface area contributed by atoms with Gasteiger partial charge in [0.05, 0.1) is 6.61 Å². The molecule has 0 radical (unpaired) electrons. The minimum Gasteiger partial charge on any atom is -0.384 e. The predicted molar refractivity (Wildman–Crippen MR) is 61.5 cm³/mol. The lowest BCUT2D eigenvalue weighted by molar-refractivity contribution is 0.112. The van der Waals surface area contributed by atoms with Crippen LogP contribution in [0.25, 0.3) is 0 Å². The van der Waals surface area contributed by atoms with Crippen LogP contribution in [0.15, 0.2) is 18.3 Å². The van der Waals surface area contributed by atoms with Crippen molar-refractivity contribution in [3.05, 3.63) is 23.9 Å². The molecule has 0 aliphatic rings. The van der Waals surface area contributed by atoms with Gasteiger partial charge in [-0.3, -0.25) is 4.90 Å². The first kappa shape index (κ1) is 11.9. The largest absolute Gasteiger partial charge is 0.384 e. The number of nitrogen functional groups attached to an aromatic ring is 1. The molecule has 84 valence electrons. The predicted octanol–water partition coefficient (Wildman–Crippen LogP) is 1.13. The fourth-order valence-corrected chi connectivity index (χ4v) is 1.34. The maximum atomic E-state index is 5.52. The topological polar surface area (TPSA) is 51.4 Å². The molecule has 0 spiro atoms. The molecule has 0 aliphatic carbocycles. The Hall–Kier alpha value is -1.13. The van der Waals surface area contributed by atoms with E-state index in [1.807, 2.05) is 18.3 Å². The quantitative estimate of drug-likeness (QED) is 0.790. The first-order valence-electron chi connectivity index (χ1n) is 5.03. The summed E-state index contributed by atoms with van der Waals surface area (Å²) in [4.78, 5) is 6.28. The second-order valence-electron chi connectivity index (χ2n) is 3.81. The molecular formula is C11H19N3O. The van der Waals surface area contributed by atoms with E-state index in [-0.39, 0.29) is 0 Å². The normalized spacial score (nSPS) is 13.1. The molecule has 0 amide bonds. The van der Waals surface area contributed by atoms with Crippen LogP contribution >= 0.6 is 0 Å². The molecule has 0 saturated heterocycles. The zero-order valence-corrected chi connectivity index (χ0v) is 9.60. The van der Waals surface area contributed by atoms with Gasteiger partial charge in [-0.1, -0.05) is 6.07 Å². The van der Waals surface area contributed by atoms with E-state index in [1.165, 1.54) is 0 Å². The van der Waals surface area contributed by atoms with Crippen LogP contribution in [0.5, 0.6) is 0 Å². The molecule has 0 saturated carbocycles. The van der Waals surface area contributed by atoms with Gasteiger partial charge in [-0.05, 0) is 25.6 Å². The molecule has 4 nitrogen and oxygen atoms in total. The van der Waals surface area contributed by atoms with Crippen LogP contribution in [0.4, 0.5) is 5.82 Å². The van der Waals surface area contributed by atoms with Gasteiger partial charge in [0.1, 0.15) is 5.82 Å². The summed E-state index contributed by atoms with van der Waals surface area (Å²) in [5.74, 6) is 0.561. The summed E-state index contributed by atoms with van der Waals surface area (Å²) in [5.41, 5.74) is 6.68. The van der Waals surface area contributed by atoms with Gasteiger partial charge in [-0.15, -0.1) is 0 Å². The summed E-state index contributed by atoms with van der Waals surface area (Å²) >= 11 is 0. The van der Waals surface area contributed by atoms with E-state index >= 15 is 0 Å². The van der Waals surface area contributed by atoms with E-state index in [1.54, 1.807) is 7.11 Å². The highest BCUT2D eigenvalue weighted by atomic mass is 16.5. The van der Waals surface area contributed by atoms with Crippen LogP contribution in [0, 0.1) is 0 Å². The van der Waals surface area contributed by atoms with Crippen molar-refractivity contribution in [3.8, 4) is 0 Å². The fourth-order valence-electron chi connectivity index (χ4n) is 1.34. The highest BCUT2D eigenvalue weighted by Gasteiger charge is 2.08. The molecule has 1 rings (SSSR count). The molecule has 1 unspecified atom stereocenters. The van der Waals surface area contributed by atoms with E-state index in [0.717, 1.165) is 18.7 Å². The average Bonchev–Trinajstić information content (AvgIpc) is 2.22. The minimum absolute atomic E-state index is 0.396.